The van der Waals surface area contributed by atoms with Gasteiger partial charge in [-0.25, -0.2) is 4.79 Å². The molecule has 0 aliphatic rings. The van der Waals surface area contributed by atoms with Gasteiger partial charge in [-0.2, -0.15) is 0 Å². The maximum absolute atomic E-state index is 11.7. The van der Waals surface area contributed by atoms with E-state index >= 15 is 0 Å². The second-order valence-corrected chi connectivity index (χ2v) is 3.99. The highest BCUT2D eigenvalue weighted by atomic mass is 16.5. The Kier molecular flexibility index (Phi) is 6.11. The molecule has 1 unspecified atom stereocenters. The van der Waals surface area contributed by atoms with E-state index in [2.05, 4.69) is 5.32 Å². The molecule has 0 aromatic heterocycles. The number of ether oxygens (including phenoxy) is 3. The predicted octanol–water partition coefficient (Wildman–Crippen LogP) is 1.13. The maximum atomic E-state index is 11.7. The standard InChI is InChI=1S/C13H20N2O4/c1-17-8-10(18-2)7-15-12-5-4-9(14)6-11(12)13(16)19-3/h4-6,10,15H,7-8,14H2,1-3H3. The van der Waals surface area contributed by atoms with Gasteiger partial charge in [-0.15, -0.1) is 0 Å². The molecule has 0 fully saturated rings. The summed E-state index contributed by atoms with van der Waals surface area (Å²) >= 11 is 0. The molecule has 1 aromatic carbocycles. The predicted molar refractivity (Wildman–Crippen MR) is 73.4 cm³/mol. The van der Waals surface area contributed by atoms with Crippen LogP contribution in [-0.4, -0.2) is 46.6 Å². The summed E-state index contributed by atoms with van der Waals surface area (Å²) in [5.74, 6) is -0.435. The van der Waals surface area contributed by atoms with Crippen molar-refractivity contribution in [2.75, 3.05) is 45.5 Å². The average Bonchev–Trinajstić information content (AvgIpc) is 2.43. The Labute approximate surface area is 112 Å². The first-order valence-corrected chi connectivity index (χ1v) is 5.85. The number of carbonyl (C=O) groups excluding carboxylic acids is 1. The quantitative estimate of drug-likeness (QED) is 0.570. The lowest BCUT2D eigenvalue weighted by Crippen LogP contribution is -2.27. The molecule has 6 nitrogen and oxygen atoms in total. The van der Waals surface area contributed by atoms with Gasteiger partial charge in [0.15, 0.2) is 0 Å². The number of nitrogens with two attached hydrogens (primary N) is 1. The molecule has 0 amide bonds. The summed E-state index contributed by atoms with van der Waals surface area (Å²) in [6.07, 6.45) is -0.104. The van der Waals surface area contributed by atoms with Gasteiger partial charge in [-0.1, -0.05) is 0 Å². The molecule has 1 rings (SSSR count). The van der Waals surface area contributed by atoms with E-state index in [0.29, 0.717) is 30.1 Å². The fourth-order valence-corrected chi connectivity index (χ4v) is 1.61. The van der Waals surface area contributed by atoms with Crippen molar-refractivity contribution >= 4 is 17.3 Å². The van der Waals surface area contributed by atoms with Crippen LogP contribution < -0.4 is 11.1 Å². The number of esters is 1. The number of nitrogens with one attached hydrogen (secondary N) is 1. The van der Waals surface area contributed by atoms with Gasteiger partial charge in [0.05, 0.1) is 25.4 Å². The Morgan fingerprint density at radius 2 is 2.11 bits per heavy atom. The fraction of sp³-hybridized carbons (Fsp3) is 0.462. The lowest BCUT2D eigenvalue weighted by Gasteiger charge is -2.17. The number of hydrogen-bond donors (Lipinski definition) is 2. The molecule has 0 bridgehead atoms. The topological polar surface area (TPSA) is 82.8 Å². The minimum atomic E-state index is -0.435. The van der Waals surface area contributed by atoms with Crippen molar-refractivity contribution in [3.05, 3.63) is 23.8 Å². The van der Waals surface area contributed by atoms with E-state index in [1.165, 1.54) is 7.11 Å². The molecule has 0 spiro atoms. The number of hydrogen-bond acceptors (Lipinski definition) is 6. The van der Waals surface area contributed by atoms with Gasteiger partial charge < -0.3 is 25.3 Å². The second-order valence-electron chi connectivity index (χ2n) is 3.99. The third-order valence-corrected chi connectivity index (χ3v) is 2.66. The summed E-state index contributed by atoms with van der Waals surface area (Å²) in [5, 5.41) is 3.13. The van der Waals surface area contributed by atoms with Crippen LogP contribution in [0.3, 0.4) is 0 Å². The van der Waals surface area contributed by atoms with Crippen LogP contribution in [0.4, 0.5) is 11.4 Å². The molecule has 1 aromatic rings. The van der Waals surface area contributed by atoms with Crippen molar-refractivity contribution in [1.29, 1.82) is 0 Å². The van der Waals surface area contributed by atoms with Crippen LogP contribution in [-0.2, 0) is 14.2 Å². The van der Waals surface area contributed by atoms with Crippen molar-refractivity contribution in [2.24, 2.45) is 0 Å². The Morgan fingerprint density at radius 3 is 2.68 bits per heavy atom. The summed E-state index contributed by atoms with van der Waals surface area (Å²) in [4.78, 5) is 11.7. The first kappa shape index (κ1) is 15.3. The molecule has 0 heterocycles. The Bertz CT molecular complexity index is 423. The maximum Gasteiger partial charge on any atom is 0.340 e. The molecule has 19 heavy (non-hydrogen) atoms. The first-order valence-electron chi connectivity index (χ1n) is 5.85. The monoisotopic (exact) mass is 268 g/mol. The molecule has 0 saturated heterocycles. The van der Waals surface area contributed by atoms with Crippen LogP contribution in [0.25, 0.3) is 0 Å². The zero-order chi connectivity index (χ0) is 14.3. The fourth-order valence-electron chi connectivity index (χ4n) is 1.61. The van der Waals surface area contributed by atoms with Crippen molar-refractivity contribution in [3.8, 4) is 0 Å². The molecule has 1 atom stereocenters. The van der Waals surface area contributed by atoms with Gasteiger partial charge in [-0.3, -0.25) is 0 Å². The highest BCUT2D eigenvalue weighted by Crippen LogP contribution is 2.20. The molecule has 106 valence electrons. The van der Waals surface area contributed by atoms with Crippen LogP contribution in [0.1, 0.15) is 10.4 Å². The number of anilines is 2. The summed E-state index contributed by atoms with van der Waals surface area (Å²) in [7, 11) is 4.54. The van der Waals surface area contributed by atoms with E-state index in [1.54, 1.807) is 32.4 Å². The van der Waals surface area contributed by atoms with E-state index < -0.39 is 5.97 Å². The van der Waals surface area contributed by atoms with Crippen LogP contribution in [0.5, 0.6) is 0 Å². The van der Waals surface area contributed by atoms with Gasteiger partial charge in [0.25, 0.3) is 0 Å². The third-order valence-electron chi connectivity index (χ3n) is 2.66. The largest absolute Gasteiger partial charge is 0.465 e. The van der Waals surface area contributed by atoms with Crippen molar-refractivity contribution < 1.29 is 19.0 Å². The normalized spacial score (nSPS) is 11.9. The van der Waals surface area contributed by atoms with E-state index in [9.17, 15) is 4.79 Å². The zero-order valence-corrected chi connectivity index (χ0v) is 11.4. The lowest BCUT2D eigenvalue weighted by atomic mass is 10.1. The Balaban J connectivity index is 2.79. The summed E-state index contributed by atoms with van der Waals surface area (Å²) in [5.41, 5.74) is 7.23. The summed E-state index contributed by atoms with van der Waals surface area (Å²) in [6.45, 7) is 0.976. The highest BCUT2D eigenvalue weighted by Gasteiger charge is 2.14. The smallest absolute Gasteiger partial charge is 0.340 e. The van der Waals surface area contributed by atoms with Gasteiger partial charge in [-0.05, 0) is 18.2 Å². The minimum Gasteiger partial charge on any atom is -0.465 e. The van der Waals surface area contributed by atoms with Crippen molar-refractivity contribution in [3.63, 3.8) is 0 Å². The Morgan fingerprint density at radius 1 is 1.37 bits per heavy atom. The van der Waals surface area contributed by atoms with Crippen molar-refractivity contribution in [2.45, 2.75) is 6.10 Å². The number of benzene rings is 1. The number of carbonyl (C=O) groups is 1. The SMILES string of the molecule is COCC(CNc1ccc(N)cc1C(=O)OC)OC. The van der Waals surface area contributed by atoms with E-state index in [4.69, 9.17) is 19.9 Å². The summed E-state index contributed by atoms with van der Waals surface area (Å²) < 4.78 is 15.0. The van der Waals surface area contributed by atoms with Gasteiger partial charge >= 0.3 is 5.97 Å². The molecule has 0 saturated carbocycles. The average molecular weight is 268 g/mol. The van der Waals surface area contributed by atoms with E-state index in [1.807, 2.05) is 0 Å². The third kappa shape index (κ3) is 4.42. The first-order chi connectivity index (χ1) is 9.12. The molecule has 6 heteroatoms. The molecular weight excluding hydrogens is 248 g/mol. The molecular formula is C13H20N2O4. The number of rotatable bonds is 7. The number of methoxy groups -OCH3 is 3. The van der Waals surface area contributed by atoms with Gasteiger partial charge in [0, 0.05) is 32.1 Å². The molecule has 0 aliphatic carbocycles. The minimum absolute atomic E-state index is 0.104. The summed E-state index contributed by atoms with van der Waals surface area (Å²) in [6, 6.07) is 5.03. The molecule has 3 N–H and O–H groups in total. The van der Waals surface area contributed by atoms with Crippen LogP contribution >= 0.6 is 0 Å². The van der Waals surface area contributed by atoms with Crippen LogP contribution in [0, 0.1) is 0 Å². The van der Waals surface area contributed by atoms with Gasteiger partial charge in [0.1, 0.15) is 0 Å². The second kappa shape index (κ2) is 7.60. The van der Waals surface area contributed by atoms with E-state index in [0.717, 1.165) is 0 Å². The highest BCUT2D eigenvalue weighted by molar-refractivity contribution is 5.96. The number of nitrogen functional groups attached to an aromatic ring is 1. The van der Waals surface area contributed by atoms with Gasteiger partial charge in [0.2, 0.25) is 0 Å². The Hall–Kier alpha value is -1.79. The van der Waals surface area contributed by atoms with Crippen LogP contribution in [0.2, 0.25) is 0 Å². The van der Waals surface area contributed by atoms with Crippen LogP contribution in [0.15, 0.2) is 18.2 Å². The van der Waals surface area contributed by atoms with Crippen molar-refractivity contribution in [1.82, 2.24) is 0 Å². The zero-order valence-electron chi connectivity index (χ0n) is 11.4. The lowest BCUT2D eigenvalue weighted by molar-refractivity contribution is 0.0365. The molecule has 0 radical (unpaired) electrons. The van der Waals surface area contributed by atoms with E-state index in [-0.39, 0.29) is 6.10 Å². The molecule has 0 aliphatic heterocycles.